The van der Waals surface area contributed by atoms with Crippen LogP contribution in [0.2, 0.25) is 0 Å². The first kappa shape index (κ1) is 13.0. The highest BCUT2D eigenvalue weighted by atomic mass is 16.5. The Kier molecular flexibility index (Phi) is 3.75. The van der Waals surface area contributed by atoms with Gasteiger partial charge in [-0.15, -0.1) is 0 Å². The molecule has 0 aromatic heterocycles. The quantitative estimate of drug-likeness (QED) is 0.390. The zero-order chi connectivity index (χ0) is 13.8. The minimum Gasteiger partial charge on any atom is -0.430 e. The van der Waals surface area contributed by atoms with E-state index >= 15 is 0 Å². The van der Waals surface area contributed by atoms with E-state index in [1.54, 1.807) is 13.8 Å². The third-order valence-corrected chi connectivity index (χ3v) is 2.68. The number of anilines is 1. The summed E-state index contributed by atoms with van der Waals surface area (Å²) in [4.78, 5) is 23.5. The van der Waals surface area contributed by atoms with Gasteiger partial charge in [0.25, 0.3) is 0 Å². The number of hydrazone groups is 1. The second-order valence-electron chi connectivity index (χ2n) is 4.24. The number of ketones is 1. The Balaban J connectivity index is 2.13. The standard InChI is InChI=1S/C14H14N2O3/c1-9-8-12(17)13(14(18)19-9)10(2)15-16-11-6-4-3-5-7-11/h3-8,13,16H,1-2H3/t13-/m1/s1. The first-order valence-corrected chi connectivity index (χ1v) is 5.87. The summed E-state index contributed by atoms with van der Waals surface area (Å²) in [6, 6.07) is 9.28. The molecule has 0 radical (unpaired) electrons. The van der Waals surface area contributed by atoms with Gasteiger partial charge in [0.05, 0.1) is 11.4 Å². The Hall–Kier alpha value is -2.43. The van der Waals surface area contributed by atoms with Gasteiger partial charge >= 0.3 is 5.97 Å². The lowest BCUT2D eigenvalue weighted by Gasteiger charge is -2.18. The minimum absolute atomic E-state index is 0.301. The summed E-state index contributed by atoms with van der Waals surface area (Å²) in [5.41, 5.74) is 3.96. The van der Waals surface area contributed by atoms with Crippen LogP contribution in [0, 0.1) is 5.92 Å². The highest BCUT2D eigenvalue weighted by molar-refractivity contribution is 6.22. The van der Waals surface area contributed by atoms with E-state index in [1.807, 2.05) is 30.3 Å². The maximum Gasteiger partial charge on any atom is 0.327 e. The molecular formula is C14H14N2O3. The molecule has 2 rings (SSSR count). The minimum atomic E-state index is -0.958. The number of para-hydroxylation sites is 1. The lowest BCUT2D eigenvalue weighted by atomic mass is 9.97. The molecule has 1 aromatic carbocycles. The van der Waals surface area contributed by atoms with E-state index in [9.17, 15) is 9.59 Å². The van der Waals surface area contributed by atoms with E-state index in [2.05, 4.69) is 10.5 Å². The molecule has 0 amide bonds. The maximum atomic E-state index is 11.8. The molecule has 5 nitrogen and oxygen atoms in total. The van der Waals surface area contributed by atoms with Crippen LogP contribution in [0.25, 0.3) is 0 Å². The third kappa shape index (κ3) is 3.07. The summed E-state index contributed by atoms with van der Waals surface area (Å²) in [6.45, 7) is 3.19. The van der Waals surface area contributed by atoms with Gasteiger partial charge in [0, 0.05) is 6.08 Å². The molecule has 0 fully saturated rings. The Labute approximate surface area is 111 Å². The number of allylic oxidation sites excluding steroid dienone is 2. The van der Waals surface area contributed by atoms with Crippen molar-refractivity contribution in [1.82, 2.24) is 0 Å². The van der Waals surface area contributed by atoms with Crippen molar-refractivity contribution in [2.24, 2.45) is 11.0 Å². The molecule has 0 bridgehead atoms. The topological polar surface area (TPSA) is 67.8 Å². The monoisotopic (exact) mass is 258 g/mol. The summed E-state index contributed by atoms with van der Waals surface area (Å²) >= 11 is 0. The van der Waals surface area contributed by atoms with E-state index in [1.165, 1.54) is 6.08 Å². The molecule has 1 heterocycles. The van der Waals surface area contributed by atoms with Crippen LogP contribution in [0.1, 0.15) is 13.8 Å². The van der Waals surface area contributed by atoms with Gasteiger partial charge in [0.1, 0.15) is 5.76 Å². The highest BCUT2D eigenvalue weighted by Crippen LogP contribution is 2.16. The number of carbonyl (C=O) groups excluding carboxylic acids is 2. The van der Waals surface area contributed by atoms with Crippen LogP contribution in [-0.4, -0.2) is 17.5 Å². The number of ether oxygens (including phenoxy) is 1. The summed E-state index contributed by atoms with van der Waals surface area (Å²) in [6.07, 6.45) is 1.31. The number of cyclic esters (lactones) is 1. The molecule has 0 spiro atoms. The molecule has 0 saturated heterocycles. The van der Waals surface area contributed by atoms with E-state index in [0.29, 0.717) is 11.5 Å². The fourth-order valence-corrected chi connectivity index (χ4v) is 1.75. The number of hydrogen-bond donors (Lipinski definition) is 1. The van der Waals surface area contributed by atoms with Gasteiger partial charge in [-0.1, -0.05) is 18.2 Å². The second kappa shape index (κ2) is 5.48. The lowest BCUT2D eigenvalue weighted by molar-refractivity contribution is -0.146. The van der Waals surface area contributed by atoms with Crippen molar-refractivity contribution in [1.29, 1.82) is 0 Å². The number of carbonyl (C=O) groups is 2. The van der Waals surface area contributed by atoms with Crippen LogP contribution in [0.5, 0.6) is 0 Å². The normalized spacial score (nSPS) is 19.8. The molecule has 5 heteroatoms. The van der Waals surface area contributed by atoms with Gasteiger partial charge < -0.3 is 4.74 Å². The van der Waals surface area contributed by atoms with E-state index in [0.717, 1.165) is 5.69 Å². The van der Waals surface area contributed by atoms with Gasteiger partial charge in [-0.2, -0.15) is 5.10 Å². The first-order chi connectivity index (χ1) is 9.08. The Morgan fingerprint density at radius 3 is 2.58 bits per heavy atom. The van der Waals surface area contributed by atoms with Crippen molar-refractivity contribution in [3.05, 3.63) is 42.2 Å². The molecular weight excluding hydrogens is 244 g/mol. The van der Waals surface area contributed by atoms with Crippen LogP contribution in [0.3, 0.4) is 0 Å². The number of benzene rings is 1. The van der Waals surface area contributed by atoms with Gasteiger partial charge in [0.15, 0.2) is 11.7 Å². The maximum absolute atomic E-state index is 11.8. The molecule has 0 aliphatic carbocycles. The van der Waals surface area contributed by atoms with Crippen LogP contribution in [0.4, 0.5) is 5.69 Å². The summed E-state index contributed by atoms with van der Waals surface area (Å²) in [5.74, 6) is -1.53. The average Bonchev–Trinajstić information content (AvgIpc) is 2.36. The van der Waals surface area contributed by atoms with Crippen molar-refractivity contribution in [2.75, 3.05) is 5.43 Å². The van der Waals surface area contributed by atoms with E-state index < -0.39 is 11.9 Å². The largest absolute Gasteiger partial charge is 0.430 e. The van der Waals surface area contributed by atoms with Gasteiger partial charge in [0.2, 0.25) is 0 Å². The van der Waals surface area contributed by atoms with E-state index in [4.69, 9.17) is 4.74 Å². The number of nitrogens with one attached hydrogen (secondary N) is 1. The van der Waals surface area contributed by atoms with Crippen LogP contribution in [-0.2, 0) is 14.3 Å². The Morgan fingerprint density at radius 2 is 1.95 bits per heavy atom. The fraction of sp³-hybridized carbons (Fsp3) is 0.214. The predicted molar refractivity (Wildman–Crippen MR) is 71.5 cm³/mol. The zero-order valence-corrected chi connectivity index (χ0v) is 10.7. The molecule has 1 atom stereocenters. The number of hydrogen-bond acceptors (Lipinski definition) is 5. The number of nitrogens with zero attached hydrogens (tertiary/aromatic N) is 1. The third-order valence-electron chi connectivity index (χ3n) is 2.68. The fourth-order valence-electron chi connectivity index (χ4n) is 1.75. The van der Waals surface area contributed by atoms with Gasteiger partial charge in [-0.25, -0.2) is 0 Å². The lowest BCUT2D eigenvalue weighted by Crippen LogP contribution is -2.34. The highest BCUT2D eigenvalue weighted by Gasteiger charge is 2.33. The van der Waals surface area contributed by atoms with E-state index in [-0.39, 0.29) is 5.78 Å². The molecule has 1 aliphatic heterocycles. The smallest absolute Gasteiger partial charge is 0.327 e. The summed E-state index contributed by atoms with van der Waals surface area (Å²) in [5, 5.41) is 4.06. The number of esters is 1. The van der Waals surface area contributed by atoms with Gasteiger partial charge in [-0.3, -0.25) is 15.0 Å². The van der Waals surface area contributed by atoms with Crippen molar-refractivity contribution in [2.45, 2.75) is 13.8 Å². The van der Waals surface area contributed by atoms with Crippen LogP contribution < -0.4 is 5.43 Å². The Bertz CT molecular complexity index is 561. The SMILES string of the molecule is CC1=CC(=O)[C@@H](C(C)=NNc2ccccc2)C(=O)O1. The van der Waals surface area contributed by atoms with Crippen molar-refractivity contribution >= 4 is 23.2 Å². The molecule has 1 N–H and O–H groups in total. The van der Waals surface area contributed by atoms with Crippen LogP contribution >= 0.6 is 0 Å². The molecule has 1 aromatic rings. The number of rotatable bonds is 3. The zero-order valence-electron chi connectivity index (χ0n) is 10.7. The Morgan fingerprint density at radius 1 is 1.26 bits per heavy atom. The average molecular weight is 258 g/mol. The van der Waals surface area contributed by atoms with Crippen molar-refractivity contribution < 1.29 is 14.3 Å². The van der Waals surface area contributed by atoms with Crippen molar-refractivity contribution in [3.8, 4) is 0 Å². The second-order valence-corrected chi connectivity index (χ2v) is 4.24. The molecule has 1 aliphatic rings. The van der Waals surface area contributed by atoms with Crippen molar-refractivity contribution in [3.63, 3.8) is 0 Å². The van der Waals surface area contributed by atoms with Crippen LogP contribution in [0.15, 0.2) is 47.3 Å². The predicted octanol–water partition coefficient (Wildman–Crippen LogP) is 2.12. The summed E-state index contributed by atoms with van der Waals surface area (Å²) in [7, 11) is 0. The molecule has 98 valence electrons. The van der Waals surface area contributed by atoms with Gasteiger partial charge in [-0.05, 0) is 26.0 Å². The first-order valence-electron chi connectivity index (χ1n) is 5.87. The molecule has 19 heavy (non-hydrogen) atoms. The molecule has 0 unspecified atom stereocenters. The molecule has 0 saturated carbocycles. The summed E-state index contributed by atoms with van der Waals surface area (Å²) < 4.78 is 4.94.